The van der Waals surface area contributed by atoms with Crippen LogP contribution in [0.4, 0.5) is 4.39 Å². The fraction of sp³-hybridized carbons (Fsp3) is 0.353. The molecule has 1 heterocycles. The van der Waals surface area contributed by atoms with E-state index in [1.807, 2.05) is 24.6 Å². The zero-order valence-electron chi connectivity index (χ0n) is 14.5. The average molecular weight is 385 g/mol. The fourth-order valence-electron chi connectivity index (χ4n) is 2.59. The Kier molecular flexibility index (Phi) is 6.89. The van der Waals surface area contributed by atoms with Crippen molar-refractivity contribution in [3.8, 4) is 0 Å². The molecule has 1 atom stereocenters. The Hall–Kier alpha value is -1.54. The number of nitrogens with zero attached hydrogens (tertiary/aromatic N) is 2. The van der Waals surface area contributed by atoms with Crippen LogP contribution in [0.2, 0.25) is 5.02 Å². The van der Waals surface area contributed by atoms with Gasteiger partial charge in [0.2, 0.25) is 0 Å². The molecule has 1 unspecified atom stereocenters. The van der Waals surface area contributed by atoms with Crippen molar-refractivity contribution in [1.29, 1.82) is 0 Å². The average Bonchev–Trinajstić information content (AvgIpc) is 2.82. The van der Waals surface area contributed by atoms with Crippen LogP contribution >= 0.6 is 11.6 Å². The second-order valence-corrected chi connectivity index (χ2v) is 7.40. The van der Waals surface area contributed by atoms with Crippen LogP contribution in [-0.2, 0) is 24.0 Å². The molecule has 1 aromatic carbocycles. The van der Waals surface area contributed by atoms with Crippen LogP contribution in [0.25, 0.3) is 0 Å². The van der Waals surface area contributed by atoms with Gasteiger partial charge in [0.05, 0.1) is 22.2 Å². The van der Waals surface area contributed by atoms with Crippen molar-refractivity contribution in [3.63, 3.8) is 0 Å². The minimum absolute atomic E-state index is 0.177. The molecule has 1 aromatic heterocycles. The van der Waals surface area contributed by atoms with E-state index in [0.29, 0.717) is 16.5 Å². The number of benzene rings is 1. The van der Waals surface area contributed by atoms with Crippen LogP contribution in [0.15, 0.2) is 35.0 Å². The summed E-state index contributed by atoms with van der Waals surface area (Å²) in [5.41, 5.74) is 8.83. The minimum Gasteiger partial charge on any atom is -0.327 e. The monoisotopic (exact) mass is 384 g/mol. The van der Waals surface area contributed by atoms with E-state index in [9.17, 15) is 8.60 Å². The number of nitrogens with one attached hydrogen (secondary N) is 1. The third kappa shape index (κ3) is 4.76. The molecule has 2 rings (SSSR count). The van der Waals surface area contributed by atoms with Crippen molar-refractivity contribution in [1.82, 2.24) is 14.5 Å². The molecule has 0 aliphatic heterocycles. The van der Waals surface area contributed by atoms with Gasteiger partial charge < -0.3 is 5.73 Å². The lowest BCUT2D eigenvalue weighted by atomic mass is 10.1. The van der Waals surface area contributed by atoms with E-state index in [1.165, 1.54) is 6.08 Å². The molecule has 0 aliphatic carbocycles. The Morgan fingerprint density at radius 1 is 1.48 bits per heavy atom. The maximum atomic E-state index is 13.8. The summed E-state index contributed by atoms with van der Waals surface area (Å²) in [6.07, 6.45) is 1.56. The zero-order chi connectivity index (χ0) is 18.6. The van der Waals surface area contributed by atoms with Crippen LogP contribution in [0.3, 0.4) is 0 Å². The van der Waals surface area contributed by atoms with Gasteiger partial charge in [-0.25, -0.2) is 13.3 Å². The molecular weight excluding hydrogens is 363 g/mol. The van der Waals surface area contributed by atoms with Crippen molar-refractivity contribution in [2.24, 2.45) is 5.73 Å². The van der Waals surface area contributed by atoms with Gasteiger partial charge in [0.15, 0.2) is 0 Å². The Labute approximate surface area is 154 Å². The summed E-state index contributed by atoms with van der Waals surface area (Å²) in [5, 5.41) is 4.93. The smallest absolute Gasteiger partial charge is 0.126 e. The van der Waals surface area contributed by atoms with Gasteiger partial charge >= 0.3 is 0 Å². The standard InChI is InChI=1S/C17H22ClFN4OS/c1-11-15(9-14(19)6-7-20)12(2)23(22-11)10-13-4-5-17(16(18)8-13)25(24)21-3/h4-6,8,21H,7,9-10,20H2,1-3H3/b14-6-. The first-order valence-corrected chi connectivity index (χ1v) is 9.35. The van der Waals surface area contributed by atoms with Gasteiger partial charge in [0, 0.05) is 24.2 Å². The molecular formula is C17H22ClFN4OS. The molecule has 0 saturated carbocycles. The Morgan fingerprint density at radius 2 is 2.20 bits per heavy atom. The van der Waals surface area contributed by atoms with Crippen LogP contribution in [-0.4, -0.2) is 27.6 Å². The van der Waals surface area contributed by atoms with Crippen molar-refractivity contribution in [2.75, 3.05) is 13.6 Å². The summed E-state index contributed by atoms with van der Waals surface area (Å²) in [4.78, 5) is 0.538. The summed E-state index contributed by atoms with van der Waals surface area (Å²) in [7, 11) is 0.275. The second kappa shape index (κ2) is 8.71. The number of aryl methyl sites for hydroxylation is 1. The third-order valence-corrected chi connectivity index (χ3v) is 5.48. The number of nitrogens with two attached hydrogens (primary N) is 1. The quantitative estimate of drug-likeness (QED) is 0.770. The molecule has 0 spiro atoms. The van der Waals surface area contributed by atoms with Crippen LogP contribution in [0.5, 0.6) is 0 Å². The molecule has 0 bridgehead atoms. The van der Waals surface area contributed by atoms with Gasteiger partial charge in [-0.2, -0.15) is 5.10 Å². The van der Waals surface area contributed by atoms with E-state index in [1.54, 1.807) is 19.2 Å². The molecule has 5 nitrogen and oxygen atoms in total. The highest BCUT2D eigenvalue weighted by atomic mass is 35.5. The molecule has 3 N–H and O–H groups in total. The van der Waals surface area contributed by atoms with Gasteiger partial charge in [-0.15, -0.1) is 0 Å². The van der Waals surface area contributed by atoms with E-state index in [2.05, 4.69) is 9.82 Å². The number of hydrogen-bond acceptors (Lipinski definition) is 3. The van der Waals surface area contributed by atoms with Crippen molar-refractivity contribution in [3.05, 3.63) is 57.6 Å². The first-order chi connectivity index (χ1) is 11.9. The van der Waals surface area contributed by atoms with Gasteiger partial charge in [0.25, 0.3) is 0 Å². The molecule has 0 amide bonds. The number of halogens is 2. The van der Waals surface area contributed by atoms with Gasteiger partial charge in [0.1, 0.15) is 16.8 Å². The maximum absolute atomic E-state index is 13.8. The molecule has 0 fully saturated rings. The number of rotatable bonds is 7. The molecule has 8 heteroatoms. The summed E-state index contributed by atoms with van der Waals surface area (Å²) >= 11 is 6.22. The first-order valence-electron chi connectivity index (χ1n) is 7.82. The minimum atomic E-state index is -1.33. The molecule has 0 saturated heterocycles. The topological polar surface area (TPSA) is 72.9 Å². The summed E-state index contributed by atoms with van der Waals surface area (Å²) in [5.74, 6) is -0.254. The normalized spacial score (nSPS) is 13.3. The SMILES string of the molecule is CNS(=O)c1ccc(Cn2nc(C)c(C/C(F)=C/CN)c2C)cc1Cl. The third-order valence-electron chi connectivity index (χ3n) is 3.93. The predicted octanol–water partition coefficient (Wildman–Crippen LogP) is 2.80. The highest BCUT2D eigenvalue weighted by Gasteiger charge is 2.14. The maximum Gasteiger partial charge on any atom is 0.126 e. The van der Waals surface area contributed by atoms with E-state index in [4.69, 9.17) is 17.3 Å². The molecule has 136 valence electrons. The summed E-state index contributed by atoms with van der Waals surface area (Å²) in [6, 6.07) is 5.37. The molecule has 2 aromatic rings. The molecule has 0 radical (unpaired) electrons. The molecule has 0 aliphatic rings. The van der Waals surface area contributed by atoms with Crippen LogP contribution < -0.4 is 10.5 Å². The van der Waals surface area contributed by atoms with Crippen molar-refractivity contribution < 1.29 is 8.60 Å². The predicted molar refractivity (Wildman–Crippen MR) is 99.7 cm³/mol. The van der Waals surface area contributed by atoms with Crippen LogP contribution in [0.1, 0.15) is 22.5 Å². The Morgan fingerprint density at radius 3 is 2.80 bits per heavy atom. The highest BCUT2D eigenvalue weighted by molar-refractivity contribution is 7.83. The zero-order valence-corrected chi connectivity index (χ0v) is 16.0. The Bertz CT molecular complexity index is 819. The van der Waals surface area contributed by atoms with E-state index < -0.39 is 11.0 Å². The highest BCUT2D eigenvalue weighted by Crippen LogP contribution is 2.23. The van der Waals surface area contributed by atoms with Gasteiger partial charge in [-0.05, 0) is 44.7 Å². The lowest BCUT2D eigenvalue weighted by molar-refractivity contribution is 0.605. The molecule has 25 heavy (non-hydrogen) atoms. The largest absolute Gasteiger partial charge is 0.327 e. The van der Waals surface area contributed by atoms with Gasteiger partial charge in [-0.3, -0.25) is 4.68 Å². The fourth-order valence-corrected chi connectivity index (χ4v) is 3.65. The van der Waals surface area contributed by atoms with E-state index >= 15 is 0 Å². The van der Waals surface area contributed by atoms with Crippen molar-refractivity contribution >= 4 is 22.6 Å². The number of hydrogen-bond donors (Lipinski definition) is 2. The van der Waals surface area contributed by atoms with Crippen molar-refractivity contribution in [2.45, 2.75) is 31.7 Å². The lowest BCUT2D eigenvalue weighted by Gasteiger charge is -2.08. The van der Waals surface area contributed by atoms with E-state index in [0.717, 1.165) is 22.5 Å². The second-order valence-electron chi connectivity index (χ2n) is 5.61. The summed E-state index contributed by atoms with van der Waals surface area (Å²) < 4.78 is 30.1. The Balaban J connectivity index is 2.25. The van der Waals surface area contributed by atoms with E-state index in [-0.39, 0.29) is 18.8 Å². The summed E-state index contributed by atoms with van der Waals surface area (Å²) in [6.45, 7) is 4.45. The lowest BCUT2D eigenvalue weighted by Crippen LogP contribution is -2.11. The first kappa shape index (κ1) is 19.8. The van der Waals surface area contributed by atoms with Crippen LogP contribution in [0, 0.1) is 13.8 Å². The number of allylic oxidation sites excluding steroid dienone is 1. The van der Waals surface area contributed by atoms with Gasteiger partial charge in [-0.1, -0.05) is 17.7 Å². The number of aromatic nitrogens is 2.